The normalized spacial score (nSPS) is 20.4. The van der Waals surface area contributed by atoms with Gasteiger partial charge in [-0.25, -0.2) is 4.79 Å². The number of nitrogens with one attached hydrogen (secondary N) is 1. The number of rotatable bonds is 3. The number of nitrogens with zero attached hydrogens (tertiary/aromatic N) is 1. The Morgan fingerprint density at radius 3 is 2.33 bits per heavy atom. The lowest BCUT2D eigenvalue weighted by Gasteiger charge is -2.40. The molecule has 5 nitrogen and oxygen atoms in total. The van der Waals surface area contributed by atoms with Gasteiger partial charge in [-0.2, -0.15) is 0 Å². The SMILES string of the molecule is CCCC(O)(OC(=O)N1CCNCC1)C(C)(C)C. The van der Waals surface area contributed by atoms with Crippen LogP contribution in [0.2, 0.25) is 0 Å². The van der Waals surface area contributed by atoms with E-state index in [-0.39, 0.29) is 0 Å². The molecule has 0 spiro atoms. The minimum absolute atomic E-state index is 0.414. The fraction of sp³-hybridized carbons (Fsp3) is 0.923. The molecule has 1 aliphatic heterocycles. The predicted octanol–water partition coefficient (Wildman–Crippen LogP) is 1.56. The number of carbonyl (C=O) groups is 1. The summed E-state index contributed by atoms with van der Waals surface area (Å²) in [6.45, 7) is 10.4. The first-order valence-electron chi connectivity index (χ1n) is 6.71. The molecule has 0 bridgehead atoms. The molecule has 0 radical (unpaired) electrons. The summed E-state index contributed by atoms with van der Waals surface area (Å²) in [5, 5.41) is 13.7. The second kappa shape index (κ2) is 5.89. The third-order valence-corrected chi connectivity index (χ3v) is 3.39. The lowest BCUT2D eigenvalue weighted by molar-refractivity contribution is -0.234. The van der Waals surface area contributed by atoms with Crippen molar-refractivity contribution in [1.82, 2.24) is 10.2 Å². The monoisotopic (exact) mass is 258 g/mol. The molecule has 0 saturated carbocycles. The molecule has 1 heterocycles. The first-order chi connectivity index (χ1) is 8.30. The number of ether oxygens (including phenoxy) is 1. The van der Waals surface area contributed by atoms with Crippen LogP contribution in [0.15, 0.2) is 0 Å². The van der Waals surface area contributed by atoms with Gasteiger partial charge in [-0.05, 0) is 6.42 Å². The van der Waals surface area contributed by atoms with E-state index in [9.17, 15) is 9.90 Å². The summed E-state index contributed by atoms with van der Waals surface area (Å²) in [5.41, 5.74) is -0.493. The standard InChI is InChI=1S/C13H26N2O3/c1-5-6-13(17,12(2,3)4)18-11(16)15-9-7-14-8-10-15/h14,17H,5-10H2,1-4H3. The fourth-order valence-electron chi connectivity index (χ4n) is 1.97. The molecule has 1 aliphatic rings. The number of amides is 1. The summed E-state index contributed by atoms with van der Waals surface area (Å²) in [4.78, 5) is 13.7. The molecule has 1 atom stereocenters. The number of carbonyl (C=O) groups excluding carboxylic acids is 1. The van der Waals surface area contributed by atoms with Crippen LogP contribution in [-0.4, -0.2) is 48.1 Å². The van der Waals surface area contributed by atoms with Crippen molar-refractivity contribution in [3.63, 3.8) is 0 Å². The maximum Gasteiger partial charge on any atom is 0.412 e. The zero-order chi connectivity index (χ0) is 13.8. The molecule has 1 unspecified atom stereocenters. The summed E-state index contributed by atoms with van der Waals surface area (Å²) in [7, 11) is 0. The van der Waals surface area contributed by atoms with Crippen LogP contribution in [-0.2, 0) is 4.74 Å². The number of aliphatic hydroxyl groups is 1. The Labute approximate surface area is 109 Å². The van der Waals surface area contributed by atoms with Crippen LogP contribution in [0, 0.1) is 5.41 Å². The van der Waals surface area contributed by atoms with Crippen molar-refractivity contribution in [1.29, 1.82) is 0 Å². The molecule has 1 fully saturated rings. The van der Waals surface area contributed by atoms with E-state index in [1.165, 1.54) is 0 Å². The van der Waals surface area contributed by atoms with Crippen LogP contribution < -0.4 is 5.32 Å². The minimum atomic E-state index is -1.40. The predicted molar refractivity (Wildman–Crippen MR) is 70.2 cm³/mol. The zero-order valence-electron chi connectivity index (χ0n) is 12.0. The van der Waals surface area contributed by atoms with Crippen LogP contribution in [0.3, 0.4) is 0 Å². The molecule has 0 aromatic heterocycles. The summed E-state index contributed by atoms with van der Waals surface area (Å²) < 4.78 is 5.40. The molecular formula is C13H26N2O3. The second-order valence-electron chi connectivity index (χ2n) is 5.89. The number of hydrogen-bond donors (Lipinski definition) is 2. The van der Waals surface area contributed by atoms with Gasteiger partial charge in [-0.15, -0.1) is 0 Å². The Hall–Kier alpha value is -0.810. The van der Waals surface area contributed by atoms with Crippen LogP contribution in [0.5, 0.6) is 0 Å². The Morgan fingerprint density at radius 1 is 1.33 bits per heavy atom. The summed E-state index contributed by atoms with van der Waals surface area (Å²) >= 11 is 0. The smallest absolute Gasteiger partial charge is 0.412 e. The maximum absolute atomic E-state index is 12.1. The van der Waals surface area contributed by atoms with Crippen molar-refractivity contribution >= 4 is 6.09 Å². The van der Waals surface area contributed by atoms with Gasteiger partial charge in [-0.3, -0.25) is 0 Å². The van der Waals surface area contributed by atoms with Crippen molar-refractivity contribution in [3.8, 4) is 0 Å². The van der Waals surface area contributed by atoms with Crippen LogP contribution in [0.1, 0.15) is 40.5 Å². The first kappa shape index (κ1) is 15.2. The maximum atomic E-state index is 12.1. The molecule has 18 heavy (non-hydrogen) atoms. The lowest BCUT2D eigenvalue weighted by atomic mass is 9.83. The molecule has 5 heteroatoms. The minimum Gasteiger partial charge on any atom is -0.416 e. The Kier molecular flexibility index (Phi) is 4.99. The van der Waals surface area contributed by atoms with E-state index in [0.29, 0.717) is 19.5 Å². The summed E-state index contributed by atoms with van der Waals surface area (Å²) in [6, 6.07) is 0. The van der Waals surface area contributed by atoms with Gasteiger partial charge in [0.1, 0.15) is 0 Å². The van der Waals surface area contributed by atoms with Gasteiger partial charge >= 0.3 is 6.09 Å². The van der Waals surface area contributed by atoms with Gasteiger partial charge in [0.2, 0.25) is 5.79 Å². The van der Waals surface area contributed by atoms with Crippen molar-refractivity contribution in [2.24, 2.45) is 5.41 Å². The van der Waals surface area contributed by atoms with E-state index in [4.69, 9.17) is 4.74 Å². The Morgan fingerprint density at radius 2 is 1.89 bits per heavy atom. The van der Waals surface area contributed by atoms with Gasteiger partial charge in [0.25, 0.3) is 0 Å². The molecular weight excluding hydrogens is 232 g/mol. The highest BCUT2D eigenvalue weighted by atomic mass is 16.7. The molecule has 0 aliphatic carbocycles. The molecule has 1 saturated heterocycles. The molecule has 106 valence electrons. The quantitative estimate of drug-likeness (QED) is 0.754. The van der Waals surface area contributed by atoms with E-state index in [2.05, 4.69) is 5.32 Å². The molecule has 1 amide bonds. The fourth-order valence-corrected chi connectivity index (χ4v) is 1.97. The zero-order valence-corrected chi connectivity index (χ0v) is 12.0. The average Bonchev–Trinajstić information content (AvgIpc) is 2.29. The molecule has 2 N–H and O–H groups in total. The van der Waals surface area contributed by atoms with Gasteiger partial charge in [-0.1, -0.05) is 27.7 Å². The van der Waals surface area contributed by atoms with Gasteiger partial charge in [0, 0.05) is 38.0 Å². The third kappa shape index (κ3) is 3.59. The highest BCUT2D eigenvalue weighted by molar-refractivity contribution is 5.68. The van der Waals surface area contributed by atoms with E-state index < -0.39 is 17.3 Å². The number of hydrogen-bond acceptors (Lipinski definition) is 4. The van der Waals surface area contributed by atoms with Crippen molar-refractivity contribution in [2.45, 2.75) is 46.3 Å². The van der Waals surface area contributed by atoms with Crippen LogP contribution in [0.4, 0.5) is 4.79 Å². The Balaban J connectivity index is 2.68. The average molecular weight is 258 g/mol. The van der Waals surface area contributed by atoms with Crippen LogP contribution in [0.25, 0.3) is 0 Å². The van der Waals surface area contributed by atoms with Gasteiger partial charge in [0.15, 0.2) is 0 Å². The largest absolute Gasteiger partial charge is 0.416 e. The van der Waals surface area contributed by atoms with Crippen molar-refractivity contribution < 1.29 is 14.6 Å². The summed E-state index contributed by atoms with van der Waals surface area (Å²) in [6.07, 6.45) is 0.805. The topological polar surface area (TPSA) is 61.8 Å². The highest BCUT2D eigenvalue weighted by Crippen LogP contribution is 2.35. The second-order valence-corrected chi connectivity index (χ2v) is 5.89. The number of piperazine rings is 1. The first-order valence-corrected chi connectivity index (χ1v) is 6.71. The van der Waals surface area contributed by atoms with Gasteiger partial charge < -0.3 is 20.1 Å². The Bertz CT molecular complexity index is 282. The summed E-state index contributed by atoms with van der Waals surface area (Å²) in [5.74, 6) is -1.40. The van der Waals surface area contributed by atoms with E-state index >= 15 is 0 Å². The molecule has 1 rings (SSSR count). The molecule has 0 aromatic carbocycles. The van der Waals surface area contributed by atoms with E-state index in [0.717, 1.165) is 19.5 Å². The van der Waals surface area contributed by atoms with E-state index in [1.54, 1.807) is 4.90 Å². The lowest BCUT2D eigenvalue weighted by Crippen LogP contribution is -2.53. The van der Waals surface area contributed by atoms with Crippen LogP contribution >= 0.6 is 0 Å². The highest BCUT2D eigenvalue weighted by Gasteiger charge is 2.44. The van der Waals surface area contributed by atoms with Crippen molar-refractivity contribution in [3.05, 3.63) is 0 Å². The van der Waals surface area contributed by atoms with Gasteiger partial charge in [0.05, 0.1) is 0 Å². The van der Waals surface area contributed by atoms with Crippen molar-refractivity contribution in [2.75, 3.05) is 26.2 Å². The molecule has 0 aromatic rings. The third-order valence-electron chi connectivity index (χ3n) is 3.39. The van der Waals surface area contributed by atoms with E-state index in [1.807, 2.05) is 27.7 Å².